The van der Waals surface area contributed by atoms with Gasteiger partial charge in [0.15, 0.2) is 0 Å². The van der Waals surface area contributed by atoms with E-state index in [1.807, 2.05) is 0 Å². The zero-order chi connectivity index (χ0) is 8.69. The second-order valence-electron chi connectivity index (χ2n) is 3.57. The highest BCUT2D eigenvalue weighted by atomic mass is 19.1. The number of rotatable bonds is 1. The molecule has 1 aliphatic carbocycles. The van der Waals surface area contributed by atoms with E-state index in [1.165, 1.54) is 19.3 Å². The van der Waals surface area contributed by atoms with Crippen molar-refractivity contribution in [2.45, 2.75) is 46.5 Å². The first-order chi connectivity index (χ1) is 5.22. The van der Waals surface area contributed by atoms with Crippen molar-refractivity contribution in [3.05, 3.63) is 0 Å². The molecule has 0 aromatic heterocycles. The number of hydrogen-bond acceptors (Lipinski definition) is 0. The van der Waals surface area contributed by atoms with Crippen molar-refractivity contribution in [3.8, 4) is 0 Å². The van der Waals surface area contributed by atoms with Crippen LogP contribution in [0.25, 0.3) is 0 Å². The van der Waals surface area contributed by atoms with Crippen LogP contribution in [-0.4, -0.2) is 6.67 Å². The lowest BCUT2D eigenvalue weighted by atomic mass is 10.0. The van der Waals surface area contributed by atoms with E-state index < -0.39 is 0 Å². The minimum Gasteiger partial charge on any atom is -0.251 e. The molecule has 1 rings (SSSR count). The van der Waals surface area contributed by atoms with E-state index in [0.29, 0.717) is 6.42 Å². The Morgan fingerprint density at radius 3 is 1.64 bits per heavy atom. The first-order valence-corrected chi connectivity index (χ1v) is 4.78. The normalized spacial score (nSPS) is 29.5. The highest BCUT2D eigenvalue weighted by Gasteiger charge is 2.17. The highest BCUT2D eigenvalue weighted by Crippen LogP contribution is 2.29. The molecule has 0 aromatic rings. The summed E-state index contributed by atoms with van der Waals surface area (Å²) < 4.78 is 10.7. The molecule has 0 amide bonds. The summed E-state index contributed by atoms with van der Waals surface area (Å²) in [7, 11) is 0. The van der Waals surface area contributed by atoms with Crippen molar-refractivity contribution in [3.63, 3.8) is 0 Å². The monoisotopic (exact) mass is 160 g/mol. The molecule has 0 bridgehead atoms. The first-order valence-electron chi connectivity index (χ1n) is 4.78. The lowest BCUT2D eigenvalue weighted by Gasteiger charge is -2.05. The Balaban J connectivity index is 0.000000218. The van der Waals surface area contributed by atoms with Crippen molar-refractivity contribution >= 4 is 0 Å². The Hall–Kier alpha value is -0.0700. The zero-order valence-corrected chi connectivity index (χ0v) is 8.07. The van der Waals surface area contributed by atoms with Gasteiger partial charge in [-0.1, -0.05) is 40.0 Å². The van der Waals surface area contributed by atoms with Gasteiger partial charge in [-0.05, 0) is 18.3 Å². The molecule has 1 fully saturated rings. The summed E-state index contributed by atoms with van der Waals surface area (Å²) in [6, 6.07) is 0. The molecule has 0 heterocycles. The average Bonchev–Trinajstić information content (AvgIpc) is 2.37. The maximum atomic E-state index is 10.7. The van der Waals surface area contributed by atoms with E-state index in [2.05, 4.69) is 13.8 Å². The van der Waals surface area contributed by atoms with Gasteiger partial charge in [-0.25, -0.2) is 0 Å². The van der Waals surface area contributed by atoms with Crippen molar-refractivity contribution in [2.24, 2.45) is 11.8 Å². The molecule has 2 atom stereocenters. The van der Waals surface area contributed by atoms with Crippen LogP contribution in [0.15, 0.2) is 0 Å². The fourth-order valence-electron chi connectivity index (χ4n) is 1.33. The smallest absolute Gasteiger partial charge is 0.0891 e. The zero-order valence-electron chi connectivity index (χ0n) is 8.07. The van der Waals surface area contributed by atoms with Crippen LogP contribution in [-0.2, 0) is 0 Å². The summed E-state index contributed by atoms with van der Waals surface area (Å²) in [5.41, 5.74) is 0. The Morgan fingerprint density at radius 1 is 1.18 bits per heavy atom. The van der Waals surface area contributed by atoms with Gasteiger partial charge in [-0.15, -0.1) is 0 Å². The second kappa shape index (κ2) is 6.63. The van der Waals surface area contributed by atoms with Crippen LogP contribution < -0.4 is 0 Å². The predicted octanol–water partition coefficient (Wildman–Crippen LogP) is 3.81. The number of hydrogen-bond donors (Lipinski definition) is 0. The third-order valence-corrected chi connectivity index (χ3v) is 2.48. The Kier molecular flexibility index (Phi) is 6.59. The molecule has 0 spiro atoms. The van der Waals surface area contributed by atoms with Crippen LogP contribution in [0.5, 0.6) is 0 Å². The van der Waals surface area contributed by atoms with Gasteiger partial charge in [0.25, 0.3) is 0 Å². The van der Waals surface area contributed by atoms with Gasteiger partial charge in [-0.2, -0.15) is 0 Å². The molecule has 0 N–H and O–H groups in total. The Labute approximate surface area is 70.2 Å². The van der Waals surface area contributed by atoms with Crippen LogP contribution >= 0.6 is 0 Å². The Bertz CT molecular complexity index is 70.9. The minimum absolute atomic E-state index is 0.181. The van der Waals surface area contributed by atoms with Crippen molar-refractivity contribution in [1.82, 2.24) is 0 Å². The molecule has 0 aromatic carbocycles. The number of halogens is 1. The van der Waals surface area contributed by atoms with E-state index in [0.717, 1.165) is 11.8 Å². The van der Waals surface area contributed by atoms with Gasteiger partial charge in [-0.3, -0.25) is 4.39 Å². The molecule has 0 radical (unpaired) electrons. The van der Waals surface area contributed by atoms with Crippen LogP contribution in [0.3, 0.4) is 0 Å². The SMILES string of the molecule is CC1CCCC1C.CCCF. The standard InChI is InChI=1S/C7H14.C3H7F/c1-6-4-3-5-7(6)2;1-2-3-4/h6-7H,3-5H2,1-2H3;2-3H2,1H3. The molecular formula is C10H21F. The van der Waals surface area contributed by atoms with E-state index in [4.69, 9.17) is 0 Å². The van der Waals surface area contributed by atoms with E-state index in [1.54, 1.807) is 6.92 Å². The van der Waals surface area contributed by atoms with Gasteiger partial charge in [0.1, 0.15) is 0 Å². The highest BCUT2D eigenvalue weighted by molar-refractivity contribution is 4.69. The summed E-state index contributed by atoms with van der Waals surface area (Å²) in [4.78, 5) is 0. The first kappa shape index (κ1) is 10.9. The second-order valence-corrected chi connectivity index (χ2v) is 3.57. The lowest BCUT2D eigenvalue weighted by molar-refractivity contribution is 0.457. The van der Waals surface area contributed by atoms with Crippen LogP contribution in [0, 0.1) is 11.8 Å². The third-order valence-electron chi connectivity index (χ3n) is 2.48. The largest absolute Gasteiger partial charge is 0.251 e. The fourth-order valence-corrected chi connectivity index (χ4v) is 1.33. The van der Waals surface area contributed by atoms with Gasteiger partial charge >= 0.3 is 0 Å². The summed E-state index contributed by atoms with van der Waals surface area (Å²) in [6.07, 6.45) is 5.07. The topological polar surface area (TPSA) is 0 Å². The molecular weight excluding hydrogens is 139 g/mol. The van der Waals surface area contributed by atoms with Crippen LogP contribution in [0.2, 0.25) is 0 Å². The maximum absolute atomic E-state index is 10.7. The van der Waals surface area contributed by atoms with E-state index in [9.17, 15) is 4.39 Å². The molecule has 1 aliphatic rings. The van der Waals surface area contributed by atoms with Crippen molar-refractivity contribution < 1.29 is 4.39 Å². The van der Waals surface area contributed by atoms with Crippen LogP contribution in [0.1, 0.15) is 46.5 Å². The minimum atomic E-state index is -0.181. The molecule has 0 nitrogen and oxygen atoms in total. The van der Waals surface area contributed by atoms with Crippen molar-refractivity contribution in [2.75, 3.05) is 6.67 Å². The van der Waals surface area contributed by atoms with E-state index in [-0.39, 0.29) is 6.67 Å². The molecule has 68 valence electrons. The van der Waals surface area contributed by atoms with Gasteiger partial charge in [0, 0.05) is 0 Å². The predicted molar refractivity (Wildman–Crippen MR) is 48.4 cm³/mol. The molecule has 11 heavy (non-hydrogen) atoms. The third kappa shape index (κ3) is 5.23. The summed E-state index contributed by atoms with van der Waals surface area (Å²) >= 11 is 0. The van der Waals surface area contributed by atoms with Gasteiger partial charge in [0.05, 0.1) is 6.67 Å². The Morgan fingerprint density at radius 2 is 1.55 bits per heavy atom. The van der Waals surface area contributed by atoms with Crippen molar-refractivity contribution in [1.29, 1.82) is 0 Å². The van der Waals surface area contributed by atoms with E-state index >= 15 is 0 Å². The number of alkyl halides is 1. The summed E-state index contributed by atoms with van der Waals surface area (Å²) in [5, 5.41) is 0. The molecule has 0 aliphatic heterocycles. The maximum Gasteiger partial charge on any atom is 0.0891 e. The quantitative estimate of drug-likeness (QED) is 0.547. The average molecular weight is 160 g/mol. The van der Waals surface area contributed by atoms with Gasteiger partial charge in [0.2, 0.25) is 0 Å². The molecule has 1 heteroatoms. The summed E-state index contributed by atoms with van der Waals surface area (Å²) in [5.74, 6) is 2.03. The lowest BCUT2D eigenvalue weighted by Crippen LogP contribution is -1.95. The molecule has 0 saturated heterocycles. The van der Waals surface area contributed by atoms with Gasteiger partial charge < -0.3 is 0 Å². The van der Waals surface area contributed by atoms with Crippen LogP contribution in [0.4, 0.5) is 4.39 Å². The molecule has 2 unspecified atom stereocenters. The summed E-state index contributed by atoms with van der Waals surface area (Å²) in [6.45, 7) is 6.34. The molecule has 1 saturated carbocycles. The fraction of sp³-hybridized carbons (Fsp3) is 1.00.